The first kappa shape index (κ1) is 29.3. The Labute approximate surface area is 239 Å². The molecule has 1 saturated heterocycles. The fourth-order valence-corrected chi connectivity index (χ4v) is 9.36. The molecule has 0 aromatic rings. The summed E-state index contributed by atoms with van der Waals surface area (Å²) in [5, 5.41) is 7.68. The number of carbonyl (C=O) groups is 3. The number of ether oxygens (including phenoxy) is 1. The van der Waals surface area contributed by atoms with E-state index in [0.717, 1.165) is 37.8 Å². The Morgan fingerprint density at radius 1 is 1.07 bits per heavy atom. The molecule has 0 aromatic carbocycles. The molecule has 2 unspecified atom stereocenters. The van der Waals surface area contributed by atoms with Crippen LogP contribution in [0.4, 0.5) is 4.79 Å². The van der Waals surface area contributed by atoms with Gasteiger partial charge in [-0.3, -0.25) is 19.7 Å². The fourth-order valence-electron chi connectivity index (χ4n) is 9.36. The van der Waals surface area contributed by atoms with Crippen molar-refractivity contribution in [2.75, 3.05) is 13.6 Å². The minimum Gasteiger partial charge on any atom is -0.462 e. The molecule has 8 atom stereocenters. The molecule has 1 aliphatic heterocycles. The molecular weight excluding hydrogens is 506 g/mol. The zero-order chi connectivity index (χ0) is 28.8. The number of esters is 1. The van der Waals surface area contributed by atoms with Crippen molar-refractivity contribution >= 4 is 23.6 Å². The van der Waals surface area contributed by atoms with Crippen LogP contribution in [0.5, 0.6) is 0 Å². The lowest BCUT2D eigenvalue weighted by atomic mass is 9.46. The molecule has 8 nitrogen and oxygen atoms in total. The zero-order valence-corrected chi connectivity index (χ0v) is 25.3. The Morgan fingerprint density at radius 3 is 2.60 bits per heavy atom. The quantitative estimate of drug-likeness (QED) is 0.197. The molecule has 40 heavy (non-hydrogen) atoms. The molecule has 0 bridgehead atoms. The van der Waals surface area contributed by atoms with Crippen LogP contribution in [0.2, 0.25) is 0 Å². The van der Waals surface area contributed by atoms with E-state index in [2.05, 4.69) is 24.3 Å². The van der Waals surface area contributed by atoms with Crippen molar-refractivity contribution in [1.82, 2.24) is 10.2 Å². The van der Waals surface area contributed by atoms with Crippen LogP contribution in [-0.4, -0.2) is 60.2 Å². The van der Waals surface area contributed by atoms with E-state index in [1.807, 2.05) is 26.8 Å². The number of nitrogens with zero attached hydrogens (tertiary/aromatic N) is 2. The lowest BCUT2D eigenvalue weighted by molar-refractivity contribution is -0.149. The first-order valence-corrected chi connectivity index (χ1v) is 15.6. The van der Waals surface area contributed by atoms with Crippen LogP contribution in [0, 0.1) is 34.5 Å². The van der Waals surface area contributed by atoms with E-state index in [-0.39, 0.29) is 35.0 Å². The van der Waals surface area contributed by atoms with Crippen LogP contribution in [0.3, 0.4) is 0 Å². The van der Waals surface area contributed by atoms with Gasteiger partial charge in [-0.05, 0) is 113 Å². The molecule has 0 radical (unpaired) electrons. The number of oxime groups is 1. The van der Waals surface area contributed by atoms with Gasteiger partial charge in [0.15, 0.2) is 5.78 Å². The summed E-state index contributed by atoms with van der Waals surface area (Å²) >= 11 is 0. The van der Waals surface area contributed by atoms with Crippen LogP contribution in [0.1, 0.15) is 98.8 Å². The van der Waals surface area contributed by atoms with E-state index in [9.17, 15) is 14.4 Å². The first-order chi connectivity index (χ1) is 18.9. The van der Waals surface area contributed by atoms with E-state index in [1.54, 1.807) is 7.05 Å². The van der Waals surface area contributed by atoms with E-state index >= 15 is 0 Å². The summed E-state index contributed by atoms with van der Waals surface area (Å²) in [6.45, 7) is 11.0. The average Bonchev–Trinajstić information content (AvgIpc) is 3.51. The Balaban J connectivity index is 1.17. The molecule has 222 valence electrons. The third-order valence-electron chi connectivity index (χ3n) is 11.4. The molecule has 8 heteroatoms. The maximum Gasteiger partial charge on any atom is 0.435 e. The average molecular weight is 556 g/mol. The van der Waals surface area contributed by atoms with E-state index in [1.165, 1.54) is 29.7 Å². The van der Waals surface area contributed by atoms with Gasteiger partial charge in [0.05, 0.1) is 11.8 Å². The van der Waals surface area contributed by atoms with Gasteiger partial charge in [0.25, 0.3) is 0 Å². The van der Waals surface area contributed by atoms with Gasteiger partial charge in [-0.25, -0.2) is 4.79 Å². The summed E-state index contributed by atoms with van der Waals surface area (Å²) in [5.41, 5.74) is 2.69. The van der Waals surface area contributed by atoms with Gasteiger partial charge >= 0.3 is 12.1 Å². The monoisotopic (exact) mass is 555 g/mol. The SMILES string of the molecule is C/C(=N\OC(=O)N(C)CC1CCC(C(=O)OC(C)C)N1)[C@H]1CC[C@H]2[C@@H]3CCC4=CC(=O)CC[C@]4(C)[C@H]3CC[C@]12C. The number of fused-ring (bicyclic) bond motifs is 5. The molecule has 0 aromatic heterocycles. The number of nitrogens with one attached hydrogen (secondary N) is 1. The van der Waals surface area contributed by atoms with E-state index in [0.29, 0.717) is 48.8 Å². The molecule has 0 spiro atoms. The van der Waals surface area contributed by atoms with Crippen molar-refractivity contribution in [3.63, 3.8) is 0 Å². The maximum absolute atomic E-state index is 12.8. The Kier molecular flexibility index (Phi) is 8.21. The molecule has 4 aliphatic carbocycles. The highest BCUT2D eigenvalue weighted by Crippen LogP contribution is 2.66. The summed E-state index contributed by atoms with van der Waals surface area (Å²) in [7, 11) is 1.72. The minimum atomic E-state index is -0.468. The fraction of sp³-hybridized carbons (Fsp3) is 0.812. The molecule has 1 heterocycles. The number of hydrogen-bond donors (Lipinski definition) is 1. The summed E-state index contributed by atoms with van der Waals surface area (Å²) in [5.74, 6) is 2.42. The van der Waals surface area contributed by atoms with Crippen molar-refractivity contribution < 1.29 is 24.0 Å². The van der Waals surface area contributed by atoms with Crippen molar-refractivity contribution in [2.45, 2.75) is 117 Å². The summed E-state index contributed by atoms with van der Waals surface area (Å²) in [6, 6.07) is -0.301. The summed E-state index contributed by atoms with van der Waals surface area (Å²) in [6.07, 6.45) is 11.5. The van der Waals surface area contributed by atoms with Gasteiger partial charge in [0.2, 0.25) is 0 Å². The Hall–Kier alpha value is -2.22. The van der Waals surface area contributed by atoms with E-state index in [4.69, 9.17) is 9.57 Å². The predicted molar refractivity (Wildman–Crippen MR) is 154 cm³/mol. The van der Waals surface area contributed by atoms with Crippen molar-refractivity contribution in [3.05, 3.63) is 11.6 Å². The van der Waals surface area contributed by atoms with Crippen molar-refractivity contribution in [3.8, 4) is 0 Å². The predicted octanol–water partition coefficient (Wildman–Crippen LogP) is 5.65. The van der Waals surface area contributed by atoms with Crippen LogP contribution in [-0.2, 0) is 19.2 Å². The molecule has 1 N–H and O–H groups in total. The van der Waals surface area contributed by atoms with Gasteiger partial charge in [-0.1, -0.05) is 24.6 Å². The second-order valence-corrected chi connectivity index (χ2v) is 14.1. The second kappa shape index (κ2) is 11.2. The Bertz CT molecular complexity index is 1080. The summed E-state index contributed by atoms with van der Waals surface area (Å²) in [4.78, 5) is 44.1. The largest absolute Gasteiger partial charge is 0.462 e. The standard InChI is InChI=1S/C32H49N3O5/c1-19(2)39-29(37)28-12-8-22(33-28)18-35(6)30(38)40-34-20(3)25-10-11-26-24-9-7-21-17-23(36)13-15-31(21,4)27(24)14-16-32(25,26)5/h17,19,22,24-28,33H,7-16,18H2,1-6H3/b34-20+/t22?,24-,25+,26-,27-,28?,31-,32+/m0/s1. The van der Waals surface area contributed by atoms with Gasteiger partial charge in [-0.15, -0.1) is 0 Å². The highest BCUT2D eigenvalue weighted by Gasteiger charge is 2.59. The number of rotatable bonds is 6. The van der Waals surface area contributed by atoms with Gasteiger partial charge in [-0.2, -0.15) is 0 Å². The normalized spacial score (nSPS) is 39.2. The number of allylic oxidation sites excluding steroid dienone is 1. The molecule has 4 fully saturated rings. The number of hydrogen-bond acceptors (Lipinski definition) is 7. The number of likely N-dealkylation sites (N-methyl/N-ethyl adjacent to an activating group) is 1. The lowest BCUT2D eigenvalue weighted by Gasteiger charge is -2.58. The molecule has 3 saturated carbocycles. The third-order valence-corrected chi connectivity index (χ3v) is 11.4. The molecular formula is C32H49N3O5. The molecule has 5 aliphatic rings. The second-order valence-electron chi connectivity index (χ2n) is 14.1. The molecule has 5 rings (SSSR count). The number of carbonyl (C=O) groups excluding carboxylic acids is 3. The highest BCUT2D eigenvalue weighted by molar-refractivity contribution is 5.91. The van der Waals surface area contributed by atoms with Crippen LogP contribution >= 0.6 is 0 Å². The van der Waals surface area contributed by atoms with Crippen LogP contribution < -0.4 is 5.32 Å². The lowest BCUT2D eigenvalue weighted by Crippen LogP contribution is -2.51. The van der Waals surface area contributed by atoms with Gasteiger partial charge in [0, 0.05) is 32.0 Å². The van der Waals surface area contributed by atoms with E-state index < -0.39 is 6.09 Å². The van der Waals surface area contributed by atoms with Crippen molar-refractivity contribution in [2.24, 2.45) is 39.7 Å². The Morgan fingerprint density at radius 2 is 1.85 bits per heavy atom. The van der Waals surface area contributed by atoms with Gasteiger partial charge < -0.3 is 9.64 Å². The van der Waals surface area contributed by atoms with Gasteiger partial charge in [0.1, 0.15) is 6.04 Å². The third kappa shape index (κ3) is 5.37. The van der Waals surface area contributed by atoms with Crippen LogP contribution in [0.25, 0.3) is 0 Å². The first-order valence-electron chi connectivity index (χ1n) is 15.6. The number of amides is 1. The zero-order valence-electron chi connectivity index (χ0n) is 25.3. The maximum atomic E-state index is 12.8. The van der Waals surface area contributed by atoms with Crippen molar-refractivity contribution in [1.29, 1.82) is 0 Å². The smallest absolute Gasteiger partial charge is 0.435 e. The highest BCUT2D eigenvalue weighted by atomic mass is 16.7. The minimum absolute atomic E-state index is 0.0204. The number of ketones is 1. The topological polar surface area (TPSA) is 97.3 Å². The molecule has 1 amide bonds. The summed E-state index contributed by atoms with van der Waals surface area (Å²) < 4.78 is 5.32. The van der Waals surface area contributed by atoms with Crippen LogP contribution in [0.15, 0.2) is 16.8 Å².